The van der Waals surface area contributed by atoms with Crippen LogP contribution in [0.15, 0.2) is 42.8 Å². The lowest BCUT2D eigenvalue weighted by Crippen LogP contribution is -2.32. The fourth-order valence-corrected chi connectivity index (χ4v) is 3.22. The normalized spacial score (nSPS) is 15.9. The number of nitrogens with zero attached hydrogens (tertiary/aromatic N) is 3. The maximum atomic E-state index is 12.0. The average Bonchev–Trinajstić information content (AvgIpc) is 3.10. The van der Waals surface area contributed by atoms with E-state index in [0.29, 0.717) is 12.0 Å². The van der Waals surface area contributed by atoms with Crippen LogP contribution in [-0.4, -0.2) is 45.5 Å². The fraction of sp³-hybridized carbons (Fsp3) is 0.421. The van der Waals surface area contributed by atoms with Crippen molar-refractivity contribution in [3.63, 3.8) is 0 Å². The molecule has 1 aliphatic rings. The van der Waals surface area contributed by atoms with Crippen molar-refractivity contribution < 1.29 is 4.79 Å². The first-order valence-corrected chi connectivity index (χ1v) is 9.12. The largest absolute Gasteiger partial charge is 0.385 e. The van der Waals surface area contributed by atoms with Crippen LogP contribution in [-0.2, 0) is 4.79 Å². The number of rotatable bonds is 7. The predicted octanol–water partition coefficient (Wildman–Crippen LogP) is 1.88. The molecule has 0 radical (unpaired) electrons. The molecule has 7 heteroatoms. The van der Waals surface area contributed by atoms with Gasteiger partial charge in [0.1, 0.15) is 5.82 Å². The number of imidazole rings is 1. The molecular weight excluding hydrogens is 328 g/mol. The van der Waals surface area contributed by atoms with Gasteiger partial charge in [-0.15, -0.1) is 0 Å². The fourth-order valence-electron chi connectivity index (χ4n) is 3.22. The van der Waals surface area contributed by atoms with Gasteiger partial charge >= 0.3 is 0 Å². The second kappa shape index (κ2) is 8.62. The van der Waals surface area contributed by atoms with Crippen molar-refractivity contribution in [2.45, 2.75) is 32.1 Å². The van der Waals surface area contributed by atoms with E-state index in [0.717, 1.165) is 31.6 Å². The minimum Gasteiger partial charge on any atom is -0.385 e. The monoisotopic (exact) mass is 354 g/mol. The van der Waals surface area contributed by atoms with Crippen LogP contribution in [0.2, 0.25) is 0 Å². The van der Waals surface area contributed by atoms with Crippen LogP contribution in [0.25, 0.3) is 5.52 Å². The molecule has 7 nitrogen and oxygen atoms in total. The highest BCUT2D eigenvalue weighted by Crippen LogP contribution is 2.10. The summed E-state index contributed by atoms with van der Waals surface area (Å²) in [5.74, 6) is 0.0947. The number of fused-ring (bicyclic) bond motifs is 1. The van der Waals surface area contributed by atoms with Crippen molar-refractivity contribution >= 4 is 17.1 Å². The number of nitrogens with one attached hydrogen (secondary N) is 2. The van der Waals surface area contributed by atoms with Crippen LogP contribution in [0, 0.1) is 5.41 Å². The summed E-state index contributed by atoms with van der Waals surface area (Å²) in [5, 5.41) is 10.8. The lowest BCUT2D eigenvalue weighted by Gasteiger charge is -2.26. The summed E-state index contributed by atoms with van der Waals surface area (Å²) in [5.41, 5.74) is 7.79. The standard InChI is InChI=1S/C19H26N6O/c20-17(15-6-7-16-12-22-14-25(16)13-15)11-18(21)23-19(26)5-4-10-24-8-2-1-3-9-24/h6-7,11-14,20H,1-5,8-10,21H2,(H,23,26)/b18-11+,20-17?. The molecule has 1 amide bonds. The van der Waals surface area contributed by atoms with Crippen molar-refractivity contribution in [3.05, 3.63) is 48.3 Å². The molecule has 26 heavy (non-hydrogen) atoms. The van der Waals surface area contributed by atoms with Gasteiger partial charge in [0.2, 0.25) is 5.91 Å². The molecule has 138 valence electrons. The van der Waals surface area contributed by atoms with Gasteiger partial charge in [0.05, 0.1) is 23.8 Å². The van der Waals surface area contributed by atoms with Crippen molar-refractivity contribution in [1.82, 2.24) is 19.6 Å². The lowest BCUT2D eigenvalue weighted by atomic mass is 10.1. The first kappa shape index (κ1) is 18.1. The Balaban J connectivity index is 1.47. The second-order valence-corrected chi connectivity index (χ2v) is 6.71. The van der Waals surface area contributed by atoms with Gasteiger partial charge in [-0.2, -0.15) is 0 Å². The molecule has 1 saturated heterocycles. The van der Waals surface area contributed by atoms with Crippen LogP contribution in [0.3, 0.4) is 0 Å². The number of carbonyl (C=O) groups is 1. The van der Waals surface area contributed by atoms with Crippen molar-refractivity contribution in [3.8, 4) is 0 Å². The van der Waals surface area contributed by atoms with Gasteiger partial charge < -0.3 is 25.8 Å². The number of hydrogen-bond donors (Lipinski definition) is 3. The maximum absolute atomic E-state index is 12.0. The number of likely N-dealkylation sites (tertiary alicyclic amines) is 1. The number of aromatic nitrogens is 2. The highest BCUT2D eigenvalue weighted by molar-refractivity contribution is 6.07. The molecule has 0 aromatic carbocycles. The molecule has 0 atom stereocenters. The Kier molecular flexibility index (Phi) is 6.01. The van der Waals surface area contributed by atoms with Gasteiger partial charge in [0.25, 0.3) is 0 Å². The Bertz CT molecular complexity index is 803. The molecule has 0 bridgehead atoms. The molecule has 1 aliphatic heterocycles. The Labute approximate surface area is 153 Å². The summed E-state index contributed by atoms with van der Waals surface area (Å²) in [4.78, 5) is 18.5. The number of nitrogens with two attached hydrogens (primary N) is 1. The van der Waals surface area contributed by atoms with Crippen molar-refractivity contribution in [2.24, 2.45) is 5.73 Å². The highest BCUT2D eigenvalue weighted by atomic mass is 16.1. The zero-order valence-corrected chi connectivity index (χ0v) is 14.9. The third kappa shape index (κ3) is 4.92. The van der Waals surface area contributed by atoms with E-state index in [2.05, 4.69) is 15.2 Å². The molecule has 3 rings (SSSR count). The molecular formula is C19H26N6O. The van der Waals surface area contributed by atoms with E-state index in [1.54, 1.807) is 12.5 Å². The van der Waals surface area contributed by atoms with E-state index >= 15 is 0 Å². The zero-order valence-electron chi connectivity index (χ0n) is 14.9. The number of piperidine rings is 1. The minimum atomic E-state index is -0.103. The summed E-state index contributed by atoms with van der Waals surface area (Å²) in [7, 11) is 0. The molecule has 3 heterocycles. The van der Waals surface area contributed by atoms with E-state index in [-0.39, 0.29) is 17.4 Å². The second-order valence-electron chi connectivity index (χ2n) is 6.71. The van der Waals surface area contributed by atoms with Gasteiger partial charge in [-0.05, 0) is 51.0 Å². The van der Waals surface area contributed by atoms with Gasteiger partial charge in [-0.3, -0.25) is 4.79 Å². The predicted molar refractivity (Wildman–Crippen MR) is 102 cm³/mol. The van der Waals surface area contributed by atoms with Gasteiger partial charge in [-0.25, -0.2) is 4.98 Å². The smallest absolute Gasteiger partial charge is 0.225 e. The molecule has 2 aromatic rings. The van der Waals surface area contributed by atoms with Crippen molar-refractivity contribution in [1.29, 1.82) is 5.41 Å². The van der Waals surface area contributed by atoms with Crippen LogP contribution < -0.4 is 11.1 Å². The molecule has 0 unspecified atom stereocenters. The molecule has 0 aliphatic carbocycles. The molecule has 2 aromatic heterocycles. The number of allylic oxidation sites excluding steroid dienone is 1. The van der Waals surface area contributed by atoms with Gasteiger partial charge in [-0.1, -0.05) is 6.42 Å². The number of amides is 1. The number of pyridine rings is 1. The maximum Gasteiger partial charge on any atom is 0.225 e. The Morgan fingerprint density at radius 2 is 2.12 bits per heavy atom. The summed E-state index contributed by atoms with van der Waals surface area (Å²) in [6, 6.07) is 3.73. The summed E-state index contributed by atoms with van der Waals surface area (Å²) < 4.78 is 1.84. The summed E-state index contributed by atoms with van der Waals surface area (Å²) >= 11 is 0. The van der Waals surface area contributed by atoms with E-state index in [1.807, 2.05) is 22.7 Å². The van der Waals surface area contributed by atoms with E-state index in [4.69, 9.17) is 11.1 Å². The molecule has 0 spiro atoms. The number of carbonyl (C=O) groups excluding carboxylic acids is 1. The van der Waals surface area contributed by atoms with E-state index in [1.165, 1.54) is 25.3 Å². The SMILES string of the molecule is N=C(/C=C(\N)NC(=O)CCCN1CCCCC1)c1ccc2cncn2c1. The molecule has 4 N–H and O–H groups in total. The Morgan fingerprint density at radius 3 is 2.92 bits per heavy atom. The van der Waals surface area contributed by atoms with E-state index < -0.39 is 0 Å². The molecule has 0 saturated carbocycles. The summed E-state index contributed by atoms with van der Waals surface area (Å²) in [6.45, 7) is 3.24. The Morgan fingerprint density at radius 1 is 1.31 bits per heavy atom. The number of hydrogen-bond acceptors (Lipinski definition) is 5. The van der Waals surface area contributed by atoms with Gasteiger partial charge in [0, 0.05) is 24.3 Å². The quantitative estimate of drug-likeness (QED) is 0.661. The summed E-state index contributed by atoms with van der Waals surface area (Å²) in [6.07, 6.45) is 11.8. The van der Waals surface area contributed by atoms with Crippen LogP contribution in [0.4, 0.5) is 0 Å². The first-order chi connectivity index (χ1) is 12.6. The topological polar surface area (TPSA) is 99.5 Å². The van der Waals surface area contributed by atoms with Crippen LogP contribution >= 0.6 is 0 Å². The van der Waals surface area contributed by atoms with Crippen LogP contribution in [0.1, 0.15) is 37.7 Å². The van der Waals surface area contributed by atoms with Gasteiger partial charge in [0.15, 0.2) is 0 Å². The molecule has 1 fully saturated rings. The van der Waals surface area contributed by atoms with Crippen molar-refractivity contribution in [2.75, 3.05) is 19.6 Å². The van der Waals surface area contributed by atoms with E-state index in [9.17, 15) is 4.79 Å². The third-order valence-electron chi connectivity index (χ3n) is 4.63. The zero-order chi connectivity index (χ0) is 18.4. The first-order valence-electron chi connectivity index (χ1n) is 9.12. The average molecular weight is 354 g/mol. The lowest BCUT2D eigenvalue weighted by molar-refractivity contribution is -0.120. The third-order valence-corrected chi connectivity index (χ3v) is 4.63. The Hall–Kier alpha value is -2.67. The highest BCUT2D eigenvalue weighted by Gasteiger charge is 2.11. The van der Waals surface area contributed by atoms with Crippen LogP contribution in [0.5, 0.6) is 0 Å². The minimum absolute atomic E-state index is 0.103.